The van der Waals surface area contributed by atoms with Gasteiger partial charge in [0.25, 0.3) is 0 Å². The minimum atomic E-state index is -0.109. The van der Waals surface area contributed by atoms with Crippen molar-refractivity contribution >= 4 is 27.7 Å². The first kappa shape index (κ1) is 9.21. The van der Waals surface area contributed by atoms with Crippen LogP contribution < -0.4 is 10.6 Å². The van der Waals surface area contributed by atoms with Crippen LogP contribution in [0.3, 0.4) is 0 Å². The van der Waals surface area contributed by atoms with E-state index in [-0.39, 0.29) is 12.5 Å². The molecule has 0 saturated heterocycles. The average molecular weight is 233 g/mol. The number of amides is 1. The molecular formula is C6H9BrN4O. The number of likely N-dealkylation sites (N-methyl/N-ethyl adjacent to an activating group) is 1. The second-order valence-corrected chi connectivity index (χ2v) is 3.03. The normalized spacial score (nSPS) is 9.83. The van der Waals surface area contributed by atoms with E-state index in [1.165, 1.54) is 0 Å². The van der Waals surface area contributed by atoms with Gasteiger partial charge in [0.05, 0.1) is 17.2 Å². The largest absolute Gasteiger partial charge is 0.311 e. The van der Waals surface area contributed by atoms with Crippen LogP contribution >= 0.6 is 15.9 Å². The molecule has 0 aliphatic rings. The summed E-state index contributed by atoms with van der Waals surface area (Å²) in [5, 5.41) is 11.7. The Morgan fingerprint density at radius 2 is 2.58 bits per heavy atom. The van der Waals surface area contributed by atoms with E-state index in [0.717, 1.165) is 4.47 Å². The molecule has 0 aliphatic heterocycles. The van der Waals surface area contributed by atoms with Crippen LogP contribution in [0.1, 0.15) is 0 Å². The summed E-state index contributed by atoms with van der Waals surface area (Å²) >= 11 is 3.22. The minimum Gasteiger partial charge on any atom is -0.311 e. The smallest absolute Gasteiger partial charge is 0.239 e. The summed E-state index contributed by atoms with van der Waals surface area (Å²) in [5.74, 6) is 0.470. The molecule has 3 N–H and O–H groups in total. The first-order valence-electron chi connectivity index (χ1n) is 3.37. The molecule has 0 aromatic carbocycles. The summed E-state index contributed by atoms with van der Waals surface area (Å²) in [5.41, 5.74) is 0. The first-order chi connectivity index (χ1) is 5.74. The van der Waals surface area contributed by atoms with Crippen LogP contribution in [0.4, 0.5) is 5.82 Å². The maximum Gasteiger partial charge on any atom is 0.239 e. The Labute approximate surface area is 78.1 Å². The van der Waals surface area contributed by atoms with Gasteiger partial charge in [-0.1, -0.05) is 0 Å². The Hall–Kier alpha value is -0.880. The van der Waals surface area contributed by atoms with E-state index in [0.29, 0.717) is 5.82 Å². The van der Waals surface area contributed by atoms with Crippen LogP contribution in [0.2, 0.25) is 0 Å². The van der Waals surface area contributed by atoms with E-state index in [4.69, 9.17) is 0 Å². The van der Waals surface area contributed by atoms with Crippen molar-refractivity contribution in [2.45, 2.75) is 0 Å². The van der Waals surface area contributed by atoms with Crippen LogP contribution in [-0.2, 0) is 4.79 Å². The zero-order valence-corrected chi connectivity index (χ0v) is 8.10. The van der Waals surface area contributed by atoms with Crippen LogP contribution in [0.15, 0.2) is 10.7 Å². The number of carbonyl (C=O) groups excluding carboxylic acids is 1. The zero-order valence-electron chi connectivity index (χ0n) is 6.52. The minimum absolute atomic E-state index is 0.109. The molecule has 0 unspecified atom stereocenters. The highest BCUT2D eigenvalue weighted by molar-refractivity contribution is 9.10. The van der Waals surface area contributed by atoms with Crippen LogP contribution in [0.5, 0.6) is 0 Å². The number of aromatic amines is 1. The van der Waals surface area contributed by atoms with Crippen LogP contribution in [-0.4, -0.2) is 29.7 Å². The van der Waals surface area contributed by atoms with Crippen LogP contribution in [0, 0.1) is 0 Å². The lowest BCUT2D eigenvalue weighted by Crippen LogP contribution is -2.25. The highest BCUT2D eigenvalue weighted by Crippen LogP contribution is 2.17. The van der Waals surface area contributed by atoms with Gasteiger partial charge in [-0.25, -0.2) is 0 Å². The molecule has 1 aromatic rings. The van der Waals surface area contributed by atoms with Crippen molar-refractivity contribution in [3.05, 3.63) is 10.7 Å². The third-order valence-corrected chi connectivity index (χ3v) is 1.80. The Morgan fingerprint density at radius 1 is 1.83 bits per heavy atom. The predicted molar refractivity (Wildman–Crippen MR) is 48.8 cm³/mol. The van der Waals surface area contributed by atoms with Gasteiger partial charge in [-0.05, 0) is 23.0 Å². The molecule has 66 valence electrons. The van der Waals surface area contributed by atoms with Gasteiger partial charge < -0.3 is 10.6 Å². The topological polar surface area (TPSA) is 69.8 Å². The summed E-state index contributed by atoms with van der Waals surface area (Å²) < 4.78 is 0.743. The summed E-state index contributed by atoms with van der Waals surface area (Å²) in [7, 11) is 1.71. The molecule has 0 atom stereocenters. The van der Waals surface area contributed by atoms with E-state index in [1.54, 1.807) is 13.2 Å². The van der Waals surface area contributed by atoms with Gasteiger partial charge >= 0.3 is 0 Å². The molecule has 0 aliphatic carbocycles. The fourth-order valence-corrected chi connectivity index (χ4v) is 0.993. The van der Waals surface area contributed by atoms with E-state index < -0.39 is 0 Å². The molecule has 0 spiro atoms. The first-order valence-corrected chi connectivity index (χ1v) is 4.16. The van der Waals surface area contributed by atoms with Gasteiger partial charge in [-0.2, -0.15) is 5.10 Å². The Morgan fingerprint density at radius 3 is 3.08 bits per heavy atom. The van der Waals surface area contributed by atoms with Gasteiger partial charge in [0.1, 0.15) is 5.82 Å². The number of aromatic nitrogens is 2. The van der Waals surface area contributed by atoms with Gasteiger partial charge in [0.2, 0.25) is 5.91 Å². The Bertz CT molecular complexity index is 272. The molecular weight excluding hydrogens is 224 g/mol. The molecule has 1 heterocycles. The number of anilines is 1. The molecule has 0 fully saturated rings. The predicted octanol–water partition coefficient (Wildman–Crippen LogP) is 0.330. The molecule has 12 heavy (non-hydrogen) atoms. The molecule has 0 saturated carbocycles. The second-order valence-electron chi connectivity index (χ2n) is 2.17. The molecule has 0 radical (unpaired) electrons. The van der Waals surface area contributed by atoms with Crippen molar-refractivity contribution in [2.24, 2.45) is 0 Å². The second kappa shape index (κ2) is 4.22. The highest BCUT2D eigenvalue weighted by atomic mass is 79.9. The standard InChI is InChI=1S/C6H9BrN4O/c1-8-3-5(12)10-6-4(7)2-9-11-6/h2,8H,3H2,1H3,(H2,9,10,11,12). The monoisotopic (exact) mass is 232 g/mol. The molecule has 1 rings (SSSR count). The number of hydrogen-bond acceptors (Lipinski definition) is 3. The number of nitrogens with one attached hydrogen (secondary N) is 3. The average Bonchev–Trinajstić information content (AvgIpc) is 2.37. The van der Waals surface area contributed by atoms with E-state index in [9.17, 15) is 4.79 Å². The van der Waals surface area contributed by atoms with E-state index in [2.05, 4.69) is 36.8 Å². The number of rotatable bonds is 3. The molecule has 1 amide bonds. The number of carbonyl (C=O) groups is 1. The summed E-state index contributed by atoms with van der Waals surface area (Å²) in [6.45, 7) is 0.283. The van der Waals surface area contributed by atoms with E-state index >= 15 is 0 Å². The van der Waals surface area contributed by atoms with Crippen LogP contribution in [0.25, 0.3) is 0 Å². The summed E-state index contributed by atoms with van der Waals surface area (Å²) in [6.07, 6.45) is 1.58. The quantitative estimate of drug-likeness (QED) is 0.704. The lowest BCUT2D eigenvalue weighted by atomic mass is 10.5. The zero-order chi connectivity index (χ0) is 8.97. The van der Waals surface area contributed by atoms with Crippen molar-refractivity contribution in [1.29, 1.82) is 0 Å². The van der Waals surface area contributed by atoms with Crippen molar-refractivity contribution in [3.63, 3.8) is 0 Å². The third-order valence-electron chi connectivity index (χ3n) is 1.19. The molecule has 6 heteroatoms. The van der Waals surface area contributed by atoms with Gasteiger partial charge in [-0.3, -0.25) is 9.89 Å². The van der Waals surface area contributed by atoms with Crippen molar-refractivity contribution in [1.82, 2.24) is 15.5 Å². The van der Waals surface area contributed by atoms with Crippen molar-refractivity contribution in [2.75, 3.05) is 18.9 Å². The fourth-order valence-electron chi connectivity index (χ4n) is 0.703. The fraction of sp³-hybridized carbons (Fsp3) is 0.333. The van der Waals surface area contributed by atoms with E-state index in [1.807, 2.05) is 0 Å². The molecule has 5 nitrogen and oxygen atoms in total. The van der Waals surface area contributed by atoms with Gasteiger partial charge in [0.15, 0.2) is 0 Å². The number of nitrogens with zero attached hydrogens (tertiary/aromatic N) is 1. The number of hydrogen-bond donors (Lipinski definition) is 3. The number of H-pyrrole nitrogens is 1. The maximum absolute atomic E-state index is 11.0. The van der Waals surface area contributed by atoms with Crippen molar-refractivity contribution < 1.29 is 4.79 Å². The lowest BCUT2D eigenvalue weighted by Gasteiger charge is -2.01. The third kappa shape index (κ3) is 2.31. The SMILES string of the molecule is CNCC(=O)Nc1[nH]ncc1Br. The van der Waals surface area contributed by atoms with Gasteiger partial charge in [0, 0.05) is 0 Å². The maximum atomic E-state index is 11.0. The molecule has 0 bridgehead atoms. The summed E-state index contributed by atoms with van der Waals surface area (Å²) in [6, 6.07) is 0. The Kier molecular flexibility index (Phi) is 3.24. The summed E-state index contributed by atoms with van der Waals surface area (Å²) in [4.78, 5) is 11.0. The Balaban J connectivity index is 2.52. The van der Waals surface area contributed by atoms with Gasteiger partial charge in [-0.15, -0.1) is 0 Å². The number of halogens is 1. The lowest BCUT2D eigenvalue weighted by molar-refractivity contribution is -0.115. The van der Waals surface area contributed by atoms with Crippen molar-refractivity contribution in [3.8, 4) is 0 Å². The molecule has 1 aromatic heterocycles. The highest BCUT2D eigenvalue weighted by Gasteiger charge is 2.04.